The Labute approximate surface area is 180 Å². The lowest BCUT2D eigenvalue weighted by molar-refractivity contribution is -0.385. The highest BCUT2D eigenvalue weighted by Crippen LogP contribution is 2.30. The van der Waals surface area contributed by atoms with Gasteiger partial charge >= 0.3 is 5.97 Å². The summed E-state index contributed by atoms with van der Waals surface area (Å²) < 4.78 is 5.91. The Kier molecular flexibility index (Phi) is 6.46. The highest BCUT2D eigenvalue weighted by Gasteiger charge is 2.37. The molecule has 1 aliphatic heterocycles. The molecule has 1 saturated heterocycles. The molecule has 0 saturated carbocycles. The van der Waals surface area contributed by atoms with Gasteiger partial charge in [0, 0.05) is 34.8 Å². The Morgan fingerprint density at radius 3 is 2.63 bits per heavy atom. The molecular formula is C20H18BrN3O6. The lowest BCUT2D eigenvalue weighted by atomic mass is 10.1. The number of carbonyl (C=O) groups excluding carboxylic acids is 3. The molecule has 2 aromatic rings. The number of hydrogen-bond acceptors (Lipinski definition) is 6. The van der Waals surface area contributed by atoms with Gasteiger partial charge in [-0.3, -0.25) is 24.5 Å². The van der Waals surface area contributed by atoms with Crippen LogP contribution in [-0.2, 0) is 19.1 Å². The number of carbonyl (C=O) groups is 3. The highest BCUT2D eigenvalue weighted by molar-refractivity contribution is 9.10. The number of nitrogens with zero attached hydrogens (tertiary/aromatic N) is 2. The number of nitro benzene ring substituents is 1. The van der Waals surface area contributed by atoms with E-state index in [1.165, 1.54) is 11.0 Å². The maximum atomic E-state index is 12.3. The van der Waals surface area contributed by atoms with Crippen LogP contribution in [0, 0.1) is 23.0 Å². The Bertz CT molecular complexity index is 1010. The molecular weight excluding hydrogens is 458 g/mol. The third-order valence-electron chi connectivity index (χ3n) is 4.63. The fraction of sp³-hybridized carbons (Fsp3) is 0.250. The first-order chi connectivity index (χ1) is 14.2. The first-order valence-corrected chi connectivity index (χ1v) is 9.81. The summed E-state index contributed by atoms with van der Waals surface area (Å²) in [5.41, 5.74) is 1.28. The van der Waals surface area contributed by atoms with Crippen LogP contribution < -0.4 is 10.2 Å². The van der Waals surface area contributed by atoms with Crippen LogP contribution in [0.4, 0.5) is 17.1 Å². The summed E-state index contributed by atoms with van der Waals surface area (Å²) in [7, 11) is 0. The maximum Gasteiger partial charge on any atom is 0.311 e. The van der Waals surface area contributed by atoms with Crippen LogP contribution in [0.2, 0.25) is 0 Å². The molecule has 2 amide bonds. The van der Waals surface area contributed by atoms with Crippen molar-refractivity contribution < 1.29 is 24.0 Å². The van der Waals surface area contributed by atoms with E-state index in [-0.39, 0.29) is 24.6 Å². The van der Waals surface area contributed by atoms with E-state index in [2.05, 4.69) is 21.2 Å². The zero-order valence-corrected chi connectivity index (χ0v) is 17.5. The average molecular weight is 476 g/mol. The van der Waals surface area contributed by atoms with Crippen molar-refractivity contribution >= 4 is 50.8 Å². The lowest BCUT2D eigenvalue weighted by Crippen LogP contribution is -2.28. The van der Waals surface area contributed by atoms with Gasteiger partial charge in [0.25, 0.3) is 11.6 Å². The minimum atomic E-state index is -0.752. The SMILES string of the molecule is Cc1ccc(N2C[C@H](C(=O)OCC(=O)Nc3ccc(Br)cc3)CC2=O)cc1[N+](=O)[O-]. The molecule has 1 fully saturated rings. The molecule has 1 aliphatic rings. The molecule has 2 aromatic carbocycles. The fourth-order valence-electron chi connectivity index (χ4n) is 3.06. The van der Waals surface area contributed by atoms with Crippen LogP contribution in [-0.4, -0.2) is 35.9 Å². The van der Waals surface area contributed by atoms with Crippen LogP contribution in [0.25, 0.3) is 0 Å². The van der Waals surface area contributed by atoms with Crippen LogP contribution >= 0.6 is 15.9 Å². The summed E-state index contributed by atoms with van der Waals surface area (Å²) in [5.74, 6) is -2.26. The number of aryl methyl sites for hydroxylation is 1. The fourth-order valence-corrected chi connectivity index (χ4v) is 3.33. The van der Waals surface area contributed by atoms with Gasteiger partial charge < -0.3 is 15.0 Å². The van der Waals surface area contributed by atoms with E-state index in [9.17, 15) is 24.5 Å². The predicted molar refractivity (Wildman–Crippen MR) is 112 cm³/mol. The minimum Gasteiger partial charge on any atom is -0.455 e. The van der Waals surface area contributed by atoms with Crippen molar-refractivity contribution in [2.75, 3.05) is 23.4 Å². The first-order valence-electron chi connectivity index (χ1n) is 9.02. The number of nitrogens with one attached hydrogen (secondary N) is 1. The number of halogens is 1. The minimum absolute atomic E-state index is 0.0339. The topological polar surface area (TPSA) is 119 Å². The van der Waals surface area contributed by atoms with Crippen LogP contribution in [0.5, 0.6) is 0 Å². The Hall–Kier alpha value is -3.27. The monoisotopic (exact) mass is 475 g/mol. The van der Waals surface area contributed by atoms with E-state index < -0.39 is 29.3 Å². The van der Waals surface area contributed by atoms with Gasteiger partial charge in [-0.05, 0) is 37.3 Å². The number of anilines is 2. The molecule has 0 spiro atoms. The molecule has 156 valence electrons. The summed E-state index contributed by atoms with van der Waals surface area (Å²) in [6, 6.07) is 11.4. The number of esters is 1. The standard InChI is InChI=1S/C20H18BrN3O6/c1-12-2-7-16(9-17(12)24(28)29)23-10-13(8-19(23)26)20(27)30-11-18(25)22-15-5-3-14(21)4-6-15/h2-7,9,13H,8,10-11H2,1H3,(H,22,25)/t13-/m1/s1. The van der Waals surface area contributed by atoms with Gasteiger partial charge in [-0.25, -0.2) is 0 Å². The van der Waals surface area contributed by atoms with Crippen molar-refractivity contribution in [1.29, 1.82) is 0 Å². The Balaban J connectivity index is 1.57. The lowest BCUT2D eigenvalue weighted by Gasteiger charge is -2.16. The van der Waals surface area contributed by atoms with Crippen LogP contribution in [0.1, 0.15) is 12.0 Å². The molecule has 1 heterocycles. The van der Waals surface area contributed by atoms with E-state index >= 15 is 0 Å². The number of ether oxygens (including phenoxy) is 1. The van der Waals surface area contributed by atoms with Gasteiger partial charge in [0.1, 0.15) is 0 Å². The van der Waals surface area contributed by atoms with Crippen molar-refractivity contribution in [3.8, 4) is 0 Å². The number of benzene rings is 2. The summed E-state index contributed by atoms with van der Waals surface area (Å²) >= 11 is 3.29. The van der Waals surface area contributed by atoms with E-state index in [0.29, 0.717) is 16.9 Å². The largest absolute Gasteiger partial charge is 0.455 e. The second-order valence-electron chi connectivity index (χ2n) is 6.80. The second-order valence-corrected chi connectivity index (χ2v) is 7.71. The number of hydrogen-bond donors (Lipinski definition) is 1. The summed E-state index contributed by atoms with van der Waals surface area (Å²) in [4.78, 5) is 48.5. The molecule has 3 rings (SSSR count). The van der Waals surface area contributed by atoms with E-state index in [4.69, 9.17) is 4.74 Å². The first kappa shape index (κ1) is 21.4. The van der Waals surface area contributed by atoms with Crippen molar-refractivity contribution in [1.82, 2.24) is 0 Å². The maximum absolute atomic E-state index is 12.3. The van der Waals surface area contributed by atoms with Gasteiger partial charge in [-0.2, -0.15) is 0 Å². The average Bonchev–Trinajstić information content (AvgIpc) is 3.10. The molecule has 0 aromatic heterocycles. The third-order valence-corrected chi connectivity index (χ3v) is 5.16. The van der Waals surface area contributed by atoms with Gasteiger partial charge in [0.15, 0.2) is 6.61 Å². The Morgan fingerprint density at radius 1 is 1.27 bits per heavy atom. The summed E-state index contributed by atoms with van der Waals surface area (Å²) in [6.45, 7) is 1.16. The normalized spacial score (nSPS) is 15.7. The quantitative estimate of drug-likeness (QED) is 0.389. The molecule has 30 heavy (non-hydrogen) atoms. The van der Waals surface area contributed by atoms with Crippen molar-refractivity contribution in [2.45, 2.75) is 13.3 Å². The molecule has 0 bridgehead atoms. The van der Waals surface area contributed by atoms with Gasteiger partial charge in [0.2, 0.25) is 5.91 Å². The molecule has 10 heteroatoms. The van der Waals surface area contributed by atoms with E-state index in [1.807, 2.05) is 0 Å². The van der Waals surface area contributed by atoms with Crippen molar-refractivity contribution in [3.05, 3.63) is 62.6 Å². The summed E-state index contributed by atoms with van der Waals surface area (Å²) in [5, 5.41) is 13.7. The smallest absolute Gasteiger partial charge is 0.311 e. The van der Waals surface area contributed by atoms with E-state index in [0.717, 1.165) is 4.47 Å². The van der Waals surface area contributed by atoms with E-state index in [1.54, 1.807) is 43.3 Å². The van der Waals surface area contributed by atoms with Gasteiger partial charge in [-0.1, -0.05) is 22.0 Å². The Morgan fingerprint density at radius 2 is 1.97 bits per heavy atom. The van der Waals surface area contributed by atoms with Crippen molar-refractivity contribution in [3.63, 3.8) is 0 Å². The molecule has 0 unspecified atom stereocenters. The van der Waals surface area contributed by atoms with Crippen LogP contribution in [0.3, 0.4) is 0 Å². The molecule has 0 aliphatic carbocycles. The number of nitro groups is 1. The highest BCUT2D eigenvalue weighted by atomic mass is 79.9. The van der Waals surface area contributed by atoms with Crippen LogP contribution in [0.15, 0.2) is 46.9 Å². The zero-order chi connectivity index (χ0) is 21.8. The number of amides is 2. The molecule has 0 radical (unpaired) electrons. The van der Waals surface area contributed by atoms with Gasteiger partial charge in [0.05, 0.1) is 16.5 Å². The third kappa shape index (κ3) is 5.01. The van der Waals surface area contributed by atoms with Crippen molar-refractivity contribution in [2.24, 2.45) is 5.92 Å². The predicted octanol–water partition coefficient (Wildman–Crippen LogP) is 3.20. The zero-order valence-electron chi connectivity index (χ0n) is 16.0. The molecule has 1 N–H and O–H groups in total. The number of rotatable bonds is 6. The molecule has 1 atom stereocenters. The van der Waals surface area contributed by atoms with Gasteiger partial charge in [-0.15, -0.1) is 0 Å². The summed E-state index contributed by atoms with van der Waals surface area (Å²) in [6.07, 6.45) is -0.0885. The molecule has 9 nitrogen and oxygen atoms in total. The second kappa shape index (κ2) is 9.04.